The Kier molecular flexibility index (Phi) is 14.6. The van der Waals surface area contributed by atoms with Crippen molar-refractivity contribution in [1.82, 2.24) is 4.98 Å². The van der Waals surface area contributed by atoms with E-state index in [1.165, 1.54) is 29.7 Å². The maximum Gasteiger partial charge on any atom is 0.343 e. The van der Waals surface area contributed by atoms with Gasteiger partial charge in [-0.05, 0) is 103 Å². The molecule has 0 aliphatic carbocycles. The molecule has 12 heteroatoms. The van der Waals surface area contributed by atoms with Gasteiger partial charge in [-0.1, -0.05) is 68.2 Å². The number of rotatable bonds is 18. The number of unbranched alkanes of at least 4 members (excludes halogenated alkanes) is 3. The zero-order chi connectivity index (χ0) is 39.0. The summed E-state index contributed by atoms with van der Waals surface area (Å²) in [6, 6.07) is 26.1. The molecule has 11 nitrogen and oxygen atoms in total. The first-order chi connectivity index (χ1) is 26.7. The number of fused-ring (bicyclic) bond motifs is 1. The molecule has 4 aromatic carbocycles. The summed E-state index contributed by atoms with van der Waals surface area (Å²) < 4.78 is 22.6. The molecular formula is C43H41N3O8S. The Labute approximate surface area is 323 Å². The van der Waals surface area contributed by atoms with Gasteiger partial charge in [-0.15, -0.1) is 0 Å². The van der Waals surface area contributed by atoms with Gasteiger partial charge < -0.3 is 18.9 Å². The average molecular weight is 760 g/mol. The maximum absolute atomic E-state index is 13.1. The maximum atomic E-state index is 13.1. The number of carbonyl (C=O) groups is 4. The molecule has 0 unspecified atom stereocenters. The minimum Gasteiger partial charge on any atom is -0.463 e. The fraction of sp³-hybridized carbons (Fsp3) is 0.209. The largest absolute Gasteiger partial charge is 0.463 e. The summed E-state index contributed by atoms with van der Waals surface area (Å²) in [5, 5.41) is 4.90. The van der Waals surface area contributed by atoms with Crippen LogP contribution in [0.2, 0.25) is 0 Å². The fourth-order valence-corrected chi connectivity index (χ4v) is 5.91. The van der Waals surface area contributed by atoms with E-state index >= 15 is 0 Å². The molecule has 0 atom stereocenters. The molecule has 1 aromatic heterocycles. The first kappa shape index (κ1) is 39.8. The number of benzene rings is 4. The van der Waals surface area contributed by atoms with E-state index in [2.05, 4.69) is 35.9 Å². The van der Waals surface area contributed by atoms with Crippen LogP contribution in [0.15, 0.2) is 115 Å². The second-order valence-corrected chi connectivity index (χ2v) is 13.6. The van der Waals surface area contributed by atoms with Crippen molar-refractivity contribution in [3.63, 3.8) is 0 Å². The number of para-hydroxylation sites is 1. The van der Waals surface area contributed by atoms with Crippen molar-refractivity contribution in [2.45, 2.75) is 45.4 Å². The van der Waals surface area contributed by atoms with Crippen molar-refractivity contribution >= 4 is 62.9 Å². The number of hydrogen-bond acceptors (Lipinski definition) is 12. The van der Waals surface area contributed by atoms with Crippen molar-refractivity contribution < 1.29 is 38.1 Å². The van der Waals surface area contributed by atoms with Gasteiger partial charge in [0.25, 0.3) is 0 Å². The summed E-state index contributed by atoms with van der Waals surface area (Å²) in [6.07, 6.45) is 8.63. The van der Waals surface area contributed by atoms with Crippen LogP contribution >= 0.6 is 11.3 Å². The second kappa shape index (κ2) is 20.2. The van der Waals surface area contributed by atoms with Crippen LogP contribution in [0.1, 0.15) is 82.9 Å². The highest BCUT2D eigenvalue weighted by atomic mass is 32.1. The van der Waals surface area contributed by atoms with Crippen molar-refractivity contribution in [2.24, 2.45) is 5.10 Å². The van der Waals surface area contributed by atoms with Gasteiger partial charge in [-0.2, -0.15) is 5.10 Å². The summed E-state index contributed by atoms with van der Waals surface area (Å²) in [4.78, 5) is 53.9. The summed E-state index contributed by atoms with van der Waals surface area (Å²) >= 11 is 1.44. The summed E-state index contributed by atoms with van der Waals surface area (Å²) in [5.74, 6) is -1.33. The van der Waals surface area contributed by atoms with E-state index in [0.29, 0.717) is 40.8 Å². The molecule has 0 fully saturated rings. The summed E-state index contributed by atoms with van der Waals surface area (Å²) in [5.41, 5.74) is 6.60. The molecule has 5 aromatic rings. The number of aromatic nitrogens is 1. The normalized spacial score (nSPS) is 11.2. The molecule has 0 spiro atoms. The molecule has 0 amide bonds. The third-order valence-electron chi connectivity index (χ3n) is 8.12. The highest BCUT2D eigenvalue weighted by molar-refractivity contribution is 7.22. The number of hydrogen-bond donors (Lipinski definition) is 1. The van der Waals surface area contributed by atoms with Crippen molar-refractivity contribution in [3.05, 3.63) is 138 Å². The van der Waals surface area contributed by atoms with Crippen LogP contribution in [0.25, 0.3) is 16.3 Å². The summed E-state index contributed by atoms with van der Waals surface area (Å²) in [6.45, 7) is 8.12. The molecule has 1 N–H and O–H groups in total. The standard InChI is InChI=1S/C43H41N3O8S/c1-4-39(47)51-25-9-5-6-10-26-52-40(48)24-15-30-13-16-32(17-14-30)41(49)53-35-22-23-37(54-42(50)33-20-18-31(19-21-33)29(2)3)34(27-35)28-44-46-43-45-36-11-7-8-12-38(36)55-43/h4,7-8,11-24,27-29H,1,5-6,9-10,25-26H2,2-3H3,(H,45,46)/b24-15+,44-28+. The molecule has 0 radical (unpaired) electrons. The smallest absolute Gasteiger partial charge is 0.343 e. The third-order valence-corrected chi connectivity index (χ3v) is 9.06. The van der Waals surface area contributed by atoms with Crippen LogP contribution in [-0.4, -0.2) is 48.3 Å². The predicted molar refractivity (Wildman–Crippen MR) is 214 cm³/mol. The number of nitrogens with zero attached hydrogens (tertiary/aromatic N) is 2. The Morgan fingerprint density at radius 3 is 2.13 bits per heavy atom. The lowest BCUT2D eigenvalue weighted by atomic mass is 10.0. The van der Waals surface area contributed by atoms with Gasteiger partial charge in [0.05, 0.1) is 40.8 Å². The lowest BCUT2D eigenvalue weighted by Gasteiger charge is -2.11. The number of esters is 4. The summed E-state index contributed by atoms with van der Waals surface area (Å²) in [7, 11) is 0. The Morgan fingerprint density at radius 1 is 0.800 bits per heavy atom. The van der Waals surface area contributed by atoms with Gasteiger partial charge in [0.1, 0.15) is 11.5 Å². The molecule has 5 rings (SSSR count). The molecule has 0 saturated heterocycles. The number of ether oxygens (including phenoxy) is 4. The van der Waals surface area contributed by atoms with Gasteiger partial charge in [0, 0.05) is 17.7 Å². The van der Waals surface area contributed by atoms with Crippen LogP contribution in [0.5, 0.6) is 11.5 Å². The third kappa shape index (κ3) is 12.3. The number of nitrogens with one attached hydrogen (secondary N) is 1. The minimum atomic E-state index is -0.612. The molecule has 0 aliphatic heterocycles. The fourth-order valence-electron chi connectivity index (χ4n) is 5.09. The van der Waals surface area contributed by atoms with E-state index in [0.717, 1.165) is 41.1 Å². The zero-order valence-electron chi connectivity index (χ0n) is 30.6. The molecular weight excluding hydrogens is 719 g/mol. The topological polar surface area (TPSA) is 142 Å². The molecule has 0 aliphatic rings. The van der Waals surface area contributed by atoms with Gasteiger partial charge in [0.2, 0.25) is 5.13 Å². The number of hydrazone groups is 1. The van der Waals surface area contributed by atoms with Gasteiger partial charge >= 0.3 is 23.9 Å². The van der Waals surface area contributed by atoms with Gasteiger partial charge in [-0.25, -0.2) is 24.2 Å². The van der Waals surface area contributed by atoms with Crippen LogP contribution in [0, 0.1) is 0 Å². The SMILES string of the molecule is C=CC(=O)OCCCCCCOC(=O)/C=C/c1ccc(C(=O)Oc2ccc(OC(=O)c3ccc(C(C)C)cc3)c(/C=N/Nc3nc4ccccc4s3)c2)cc1. The number of thiazole rings is 1. The van der Waals surface area contributed by atoms with Crippen LogP contribution in [-0.2, 0) is 19.1 Å². The predicted octanol–water partition coefficient (Wildman–Crippen LogP) is 9.15. The van der Waals surface area contributed by atoms with E-state index in [1.807, 2.05) is 36.4 Å². The lowest BCUT2D eigenvalue weighted by Crippen LogP contribution is -2.11. The Morgan fingerprint density at radius 2 is 1.45 bits per heavy atom. The van der Waals surface area contributed by atoms with Crippen LogP contribution < -0.4 is 14.9 Å². The second-order valence-electron chi connectivity index (χ2n) is 12.5. The molecule has 0 saturated carbocycles. The molecule has 55 heavy (non-hydrogen) atoms. The molecule has 0 bridgehead atoms. The van der Waals surface area contributed by atoms with Crippen molar-refractivity contribution in [3.8, 4) is 11.5 Å². The van der Waals surface area contributed by atoms with Crippen molar-refractivity contribution in [2.75, 3.05) is 18.6 Å². The first-order valence-corrected chi connectivity index (χ1v) is 18.6. The lowest BCUT2D eigenvalue weighted by molar-refractivity contribution is -0.139. The van der Waals surface area contributed by atoms with E-state index < -0.39 is 23.9 Å². The number of carbonyl (C=O) groups excluding carboxylic acids is 4. The van der Waals surface area contributed by atoms with E-state index in [9.17, 15) is 19.2 Å². The van der Waals surface area contributed by atoms with E-state index in [4.69, 9.17) is 18.9 Å². The van der Waals surface area contributed by atoms with E-state index in [1.54, 1.807) is 54.6 Å². The number of anilines is 1. The Bertz CT molecular complexity index is 2140. The monoisotopic (exact) mass is 759 g/mol. The van der Waals surface area contributed by atoms with Crippen molar-refractivity contribution in [1.29, 1.82) is 0 Å². The molecule has 1 heterocycles. The van der Waals surface area contributed by atoms with Crippen LogP contribution in [0.3, 0.4) is 0 Å². The minimum absolute atomic E-state index is 0.204. The first-order valence-electron chi connectivity index (χ1n) is 17.8. The Hall–Kier alpha value is -6.40. The highest BCUT2D eigenvalue weighted by Crippen LogP contribution is 2.27. The average Bonchev–Trinajstić information content (AvgIpc) is 3.62. The van der Waals surface area contributed by atoms with Gasteiger partial charge in [-0.3, -0.25) is 5.43 Å². The Balaban J connectivity index is 1.18. The quantitative estimate of drug-likeness (QED) is 0.0229. The molecule has 282 valence electrons. The van der Waals surface area contributed by atoms with Gasteiger partial charge in [0.15, 0.2) is 0 Å². The highest BCUT2D eigenvalue weighted by Gasteiger charge is 2.15. The van der Waals surface area contributed by atoms with E-state index in [-0.39, 0.29) is 23.7 Å². The van der Waals surface area contributed by atoms with Crippen LogP contribution in [0.4, 0.5) is 5.13 Å². The zero-order valence-corrected chi connectivity index (χ0v) is 31.4.